The molecule has 0 saturated carbocycles. The van der Waals surface area contributed by atoms with Crippen molar-refractivity contribution < 1.29 is 4.79 Å². The maximum Gasteiger partial charge on any atom is 0.317 e. The van der Waals surface area contributed by atoms with Crippen molar-refractivity contribution >= 4 is 17.8 Å². The number of benzene rings is 1. The van der Waals surface area contributed by atoms with Crippen molar-refractivity contribution in [3.63, 3.8) is 0 Å². The van der Waals surface area contributed by atoms with Gasteiger partial charge < -0.3 is 10.2 Å². The zero-order valence-corrected chi connectivity index (χ0v) is 12.7. The van der Waals surface area contributed by atoms with E-state index in [1.807, 2.05) is 28.8 Å². The van der Waals surface area contributed by atoms with E-state index in [4.69, 9.17) is 5.26 Å². The Balaban J connectivity index is 1.90. The summed E-state index contributed by atoms with van der Waals surface area (Å²) in [5, 5.41) is 11.8. The van der Waals surface area contributed by atoms with Crippen LogP contribution >= 0.6 is 11.8 Å². The summed E-state index contributed by atoms with van der Waals surface area (Å²) in [6, 6.07) is 9.39. The molecule has 1 saturated heterocycles. The van der Waals surface area contributed by atoms with Gasteiger partial charge in [-0.05, 0) is 31.5 Å². The van der Waals surface area contributed by atoms with Crippen LogP contribution in [0.25, 0.3) is 0 Å². The number of hydrogen-bond acceptors (Lipinski definition) is 3. The van der Waals surface area contributed by atoms with Gasteiger partial charge in [0.1, 0.15) is 0 Å². The molecule has 1 aliphatic rings. The number of rotatable bonds is 2. The highest BCUT2D eigenvalue weighted by atomic mass is 32.2. The Morgan fingerprint density at radius 2 is 2.35 bits per heavy atom. The van der Waals surface area contributed by atoms with E-state index in [9.17, 15) is 4.79 Å². The number of carbonyl (C=O) groups excluding carboxylic acids is 1. The van der Waals surface area contributed by atoms with Gasteiger partial charge in [0.25, 0.3) is 0 Å². The molecule has 1 aromatic rings. The molecule has 0 aliphatic carbocycles. The molecule has 2 amide bonds. The van der Waals surface area contributed by atoms with E-state index in [0.29, 0.717) is 12.1 Å². The summed E-state index contributed by atoms with van der Waals surface area (Å²) in [4.78, 5) is 14.0. The Labute approximate surface area is 124 Å². The van der Waals surface area contributed by atoms with Crippen molar-refractivity contribution in [3.8, 4) is 6.07 Å². The minimum Gasteiger partial charge on any atom is -0.334 e. The molecule has 0 bridgehead atoms. The summed E-state index contributed by atoms with van der Waals surface area (Å²) in [5.41, 5.74) is 1.57. The third-order valence-corrected chi connectivity index (χ3v) is 4.51. The quantitative estimate of drug-likeness (QED) is 0.910. The Bertz CT molecular complexity index is 536. The molecule has 1 aliphatic heterocycles. The second-order valence-corrected chi connectivity index (χ2v) is 7.30. The van der Waals surface area contributed by atoms with E-state index in [1.54, 1.807) is 12.1 Å². The van der Waals surface area contributed by atoms with Crippen molar-refractivity contribution in [2.75, 3.05) is 18.8 Å². The maximum absolute atomic E-state index is 12.2. The van der Waals surface area contributed by atoms with Crippen LogP contribution in [0.15, 0.2) is 24.3 Å². The molecule has 0 spiro atoms. The van der Waals surface area contributed by atoms with Crippen LogP contribution in [-0.2, 0) is 6.54 Å². The van der Waals surface area contributed by atoms with E-state index >= 15 is 0 Å². The first-order valence-corrected chi connectivity index (χ1v) is 7.64. The molecule has 1 aromatic carbocycles. The fraction of sp³-hybridized carbons (Fsp3) is 0.467. The van der Waals surface area contributed by atoms with Crippen molar-refractivity contribution in [2.45, 2.75) is 25.1 Å². The molecule has 1 heterocycles. The first-order chi connectivity index (χ1) is 9.50. The largest absolute Gasteiger partial charge is 0.334 e. The lowest BCUT2D eigenvalue weighted by atomic mass is 10.1. The molecule has 0 aromatic heterocycles. The van der Waals surface area contributed by atoms with Crippen LogP contribution in [0.2, 0.25) is 0 Å². The number of urea groups is 1. The summed E-state index contributed by atoms with van der Waals surface area (Å²) in [5.74, 6) is 0.977. The van der Waals surface area contributed by atoms with Gasteiger partial charge in [-0.25, -0.2) is 4.79 Å². The van der Waals surface area contributed by atoms with Crippen LogP contribution in [0.4, 0.5) is 4.79 Å². The highest BCUT2D eigenvalue weighted by molar-refractivity contribution is 8.00. The summed E-state index contributed by atoms with van der Waals surface area (Å²) in [6.07, 6.45) is 0. The molecule has 20 heavy (non-hydrogen) atoms. The highest BCUT2D eigenvalue weighted by Crippen LogP contribution is 2.29. The number of nitriles is 1. The van der Waals surface area contributed by atoms with Crippen molar-refractivity contribution in [3.05, 3.63) is 35.4 Å². The molecule has 106 valence electrons. The second-order valence-electron chi connectivity index (χ2n) is 5.50. The smallest absolute Gasteiger partial charge is 0.317 e. The predicted octanol–water partition coefficient (Wildman–Crippen LogP) is 2.60. The fourth-order valence-electron chi connectivity index (χ4n) is 2.23. The minimum absolute atomic E-state index is 0.0271. The van der Waals surface area contributed by atoms with Gasteiger partial charge in [-0.15, -0.1) is 0 Å². The van der Waals surface area contributed by atoms with Crippen LogP contribution in [0.5, 0.6) is 0 Å². The SMILES string of the molecule is CC1(C)CN(C(=O)NCc2cccc(C#N)c2)CCS1. The Kier molecular flexibility index (Phi) is 4.56. The lowest BCUT2D eigenvalue weighted by Crippen LogP contribution is -2.49. The first kappa shape index (κ1) is 14.7. The summed E-state index contributed by atoms with van der Waals surface area (Å²) in [7, 11) is 0. The number of nitrogens with one attached hydrogen (secondary N) is 1. The van der Waals surface area contributed by atoms with Gasteiger partial charge in [-0.2, -0.15) is 17.0 Å². The molecule has 4 nitrogen and oxygen atoms in total. The lowest BCUT2D eigenvalue weighted by molar-refractivity contribution is 0.194. The number of hydrogen-bond donors (Lipinski definition) is 1. The lowest BCUT2D eigenvalue weighted by Gasteiger charge is -2.37. The zero-order valence-electron chi connectivity index (χ0n) is 11.8. The third kappa shape index (κ3) is 3.91. The Morgan fingerprint density at radius 3 is 3.05 bits per heavy atom. The van der Waals surface area contributed by atoms with Crippen LogP contribution in [0.3, 0.4) is 0 Å². The van der Waals surface area contributed by atoms with Crippen molar-refractivity contribution in [1.82, 2.24) is 10.2 Å². The van der Waals surface area contributed by atoms with Gasteiger partial charge in [0.2, 0.25) is 0 Å². The van der Waals surface area contributed by atoms with Crippen LogP contribution in [0.1, 0.15) is 25.0 Å². The second kappa shape index (κ2) is 6.19. The summed E-state index contributed by atoms with van der Waals surface area (Å²) < 4.78 is 0.121. The molecule has 1 fully saturated rings. The number of thioether (sulfide) groups is 1. The number of amides is 2. The van der Waals surface area contributed by atoms with Gasteiger partial charge in [0, 0.05) is 30.1 Å². The van der Waals surface area contributed by atoms with Gasteiger partial charge in [0.15, 0.2) is 0 Å². The van der Waals surface area contributed by atoms with Crippen molar-refractivity contribution in [2.24, 2.45) is 0 Å². The van der Waals surface area contributed by atoms with Crippen LogP contribution < -0.4 is 5.32 Å². The van der Waals surface area contributed by atoms with Gasteiger partial charge in [0.05, 0.1) is 11.6 Å². The van der Waals surface area contributed by atoms with Gasteiger partial charge >= 0.3 is 6.03 Å². The average Bonchev–Trinajstić information content (AvgIpc) is 2.44. The number of carbonyl (C=O) groups is 1. The molecule has 5 heteroatoms. The third-order valence-electron chi connectivity index (χ3n) is 3.21. The Morgan fingerprint density at radius 1 is 1.55 bits per heavy atom. The van der Waals surface area contributed by atoms with Crippen LogP contribution in [-0.4, -0.2) is 34.5 Å². The van der Waals surface area contributed by atoms with Gasteiger partial charge in [-0.1, -0.05) is 12.1 Å². The van der Waals surface area contributed by atoms with E-state index in [1.165, 1.54) is 0 Å². The normalized spacial score (nSPS) is 17.4. The van der Waals surface area contributed by atoms with E-state index < -0.39 is 0 Å². The molecule has 2 rings (SSSR count). The standard InChI is InChI=1S/C15H19N3OS/c1-15(2)11-18(6-7-20-15)14(19)17-10-13-5-3-4-12(8-13)9-16/h3-5,8H,6-7,10-11H2,1-2H3,(H,17,19). The van der Waals surface area contributed by atoms with E-state index in [-0.39, 0.29) is 10.8 Å². The maximum atomic E-state index is 12.2. The van der Waals surface area contributed by atoms with Gasteiger partial charge in [-0.3, -0.25) is 0 Å². The van der Waals surface area contributed by atoms with E-state index in [0.717, 1.165) is 24.4 Å². The van der Waals surface area contributed by atoms with Crippen molar-refractivity contribution in [1.29, 1.82) is 5.26 Å². The molecule has 1 N–H and O–H groups in total. The molecular weight excluding hydrogens is 270 g/mol. The first-order valence-electron chi connectivity index (χ1n) is 6.66. The Hall–Kier alpha value is -1.67. The van der Waals surface area contributed by atoms with E-state index in [2.05, 4.69) is 25.2 Å². The molecule has 0 radical (unpaired) electrons. The predicted molar refractivity (Wildman–Crippen MR) is 81.5 cm³/mol. The monoisotopic (exact) mass is 289 g/mol. The molecule has 0 atom stereocenters. The molecular formula is C15H19N3OS. The fourth-order valence-corrected chi connectivity index (χ4v) is 3.34. The summed E-state index contributed by atoms with van der Waals surface area (Å²) >= 11 is 1.90. The summed E-state index contributed by atoms with van der Waals surface area (Å²) in [6.45, 7) is 6.33. The average molecular weight is 289 g/mol. The van der Waals surface area contributed by atoms with Crippen LogP contribution in [0, 0.1) is 11.3 Å². The molecule has 0 unspecified atom stereocenters. The highest BCUT2D eigenvalue weighted by Gasteiger charge is 2.29. The zero-order chi connectivity index (χ0) is 14.6. The minimum atomic E-state index is -0.0271. The number of nitrogens with zero attached hydrogens (tertiary/aromatic N) is 2. The topological polar surface area (TPSA) is 56.1 Å².